The number of carbonyl (C=O) groups is 2. The Labute approximate surface area is 206 Å². The Balaban J connectivity index is 1.51. The van der Waals surface area contributed by atoms with E-state index in [9.17, 15) is 14.4 Å². The molecule has 0 saturated carbocycles. The maximum absolute atomic E-state index is 13.2. The number of carboxylic acid groups (broad SMARTS) is 1. The molecule has 170 valence electrons. The summed E-state index contributed by atoms with van der Waals surface area (Å²) < 4.78 is 2.36. The number of rotatable bonds is 7. The van der Waals surface area contributed by atoms with E-state index in [2.05, 4.69) is 31.4 Å². The standard InChI is InChI=1S/C24H17BrN4O4S/c25-17-9-11-18(12-10-17)29-22(31)19-3-1-2-4-20(19)27-24(29)34-14-21(30)28-26-13-15-5-7-16(8-6-15)23(32)33/h1-13H,14H2,(H,28,30)(H,32,33)/b26-13+. The summed E-state index contributed by atoms with van der Waals surface area (Å²) in [7, 11) is 0. The Morgan fingerprint density at radius 2 is 1.76 bits per heavy atom. The van der Waals surface area contributed by atoms with Gasteiger partial charge in [-0.15, -0.1) is 0 Å². The highest BCUT2D eigenvalue weighted by molar-refractivity contribution is 9.10. The van der Waals surface area contributed by atoms with Gasteiger partial charge in [0.2, 0.25) is 0 Å². The van der Waals surface area contributed by atoms with Crippen molar-refractivity contribution in [1.82, 2.24) is 15.0 Å². The molecule has 0 aliphatic heterocycles. The lowest BCUT2D eigenvalue weighted by atomic mass is 10.1. The number of halogens is 1. The van der Waals surface area contributed by atoms with Crippen molar-refractivity contribution in [3.8, 4) is 5.69 Å². The maximum Gasteiger partial charge on any atom is 0.335 e. The second-order valence-electron chi connectivity index (χ2n) is 7.04. The minimum absolute atomic E-state index is 0.0173. The van der Waals surface area contributed by atoms with E-state index >= 15 is 0 Å². The lowest BCUT2D eigenvalue weighted by Crippen LogP contribution is -2.24. The number of hydrazone groups is 1. The first kappa shape index (κ1) is 23.4. The highest BCUT2D eigenvalue weighted by Crippen LogP contribution is 2.22. The van der Waals surface area contributed by atoms with Gasteiger partial charge in [-0.05, 0) is 54.1 Å². The summed E-state index contributed by atoms with van der Waals surface area (Å²) in [5.74, 6) is -1.41. The van der Waals surface area contributed by atoms with E-state index < -0.39 is 5.97 Å². The first-order valence-electron chi connectivity index (χ1n) is 9.98. The van der Waals surface area contributed by atoms with Gasteiger partial charge in [0.25, 0.3) is 11.5 Å². The lowest BCUT2D eigenvalue weighted by Gasteiger charge is -2.13. The minimum atomic E-state index is -1.02. The average Bonchev–Trinajstić information content (AvgIpc) is 2.84. The van der Waals surface area contributed by atoms with Crippen LogP contribution in [0.25, 0.3) is 16.6 Å². The van der Waals surface area contributed by atoms with E-state index in [-0.39, 0.29) is 22.8 Å². The SMILES string of the molecule is O=C(CSc1nc2ccccc2c(=O)n1-c1ccc(Br)cc1)N/N=C/c1ccc(C(=O)O)cc1. The molecule has 0 bridgehead atoms. The molecule has 1 amide bonds. The van der Waals surface area contributed by atoms with Crippen LogP contribution in [0.2, 0.25) is 0 Å². The number of amides is 1. The number of carbonyl (C=O) groups excluding carboxylic acids is 1. The Bertz CT molecular complexity index is 1450. The molecule has 0 atom stereocenters. The molecule has 34 heavy (non-hydrogen) atoms. The summed E-state index contributed by atoms with van der Waals surface area (Å²) in [5.41, 5.74) is 4.19. The predicted molar refractivity (Wildman–Crippen MR) is 135 cm³/mol. The monoisotopic (exact) mass is 536 g/mol. The molecule has 3 aromatic carbocycles. The molecule has 0 saturated heterocycles. The Kier molecular flexibility index (Phi) is 7.19. The fourth-order valence-electron chi connectivity index (χ4n) is 3.08. The number of nitrogens with zero attached hydrogens (tertiary/aromatic N) is 3. The van der Waals surface area contributed by atoms with Crippen LogP contribution in [-0.4, -0.2) is 38.5 Å². The number of aromatic nitrogens is 2. The van der Waals surface area contributed by atoms with E-state index in [4.69, 9.17) is 5.11 Å². The number of carboxylic acids is 1. The zero-order valence-electron chi connectivity index (χ0n) is 17.5. The van der Waals surface area contributed by atoms with Gasteiger partial charge >= 0.3 is 5.97 Å². The molecule has 0 spiro atoms. The van der Waals surface area contributed by atoms with Crippen LogP contribution in [0.1, 0.15) is 15.9 Å². The summed E-state index contributed by atoms with van der Waals surface area (Å²) >= 11 is 4.52. The quantitative estimate of drug-likeness (QED) is 0.159. The van der Waals surface area contributed by atoms with Gasteiger partial charge < -0.3 is 5.11 Å². The Morgan fingerprint density at radius 1 is 1.06 bits per heavy atom. The van der Waals surface area contributed by atoms with Crippen molar-refractivity contribution in [2.24, 2.45) is 5.10 Å². The van der Waals surface area contributed by atoms with Crippen LogP contribution in [0.3, 0.4) is 0 Å². The molecule has 0 fully saturated rings. The number of thioether (sulfide) groups is 1. The van der Waals surface area contributed by atoms with E-state index in [1.807, 2.05) is 12.1 Å². The van der Waals surface area contributed by atoms with Gasteiger partial charge in [-0.3, -0.25) is 14.2 Å². The van der Waals surface area contributed by atoms with Crippen LogP contribution in [0.15, 0.2) is 92.3 Å². The first-order chi connectivity index (χ1) is 16.4. The van der Waals surface area contributed by atoms with Crippen molar-refractivity contribution >= 4 is 56.7 Å². The Morgan fingerprint density at radius 3 is 2.47 bits per heavy atom. The van der Waals surface area contributed by atoms with Gasteiger partial charge in [0.15, 0.2) is 5.16 Å². The van der Waals surface area contributed by atoms with Gasteiger partial charge in [-0.1, -0.05) is 52.0 Å². The molecule has 0 unspecified atom stereocenters. The van der Waals surface area contributed by atoms with Crippen molar-refractivity contribution in [3.05, 3.63) is 98.7 Å². The minimum Gasteiger partial charge on any atom is -0.478 e. The van der Waals surface area contributed by atoms with E-state index in [1.165, 1.54) is 22.9 Å². The van der Waals surface area contributed by atoms with Gasteiger partial charge in [0, 0.05) is 4.47 Å². The van der Waals surface area contributed by atoms with E-state index in [1.54, 1.807) is 48.5 Å². The van der Waals surface area contributed by atoms with Gasteiger partial charge in [-0.25, -0.2) is 15.2 Å². The van der Waals surface area contributed by atoms with Crippen LogP contribution < -0.4 is 11.0 Å². The second-order valence-corrected chi connectivity index (χ2v) is 8.90. The number of hydrogen-bond acceptors (Lipinski definition) is 6. The smallest absolute Gasteiger partial charge is 0.335 e. The zero-order valence-corrected chi connectivity index (χ0v) is 19.9. The highest BCUT2D eigenvalue weighted by atomic mass is 79.9. The number of hydrogen-bond donors (Lipinski definition) is 2. The lowest BCUT2D eigenvalue weighted by molar-refractivity contribution is -0.118. The summed E-state index contributed by atoms with van der Waals surface area (Å²) in [5, 5.41) is 13.7. The molecule has 2 N–H and O–H groups in total. The topological polar surface area (TPSA) is 114 Å². The van der Waals surface area contributed by atoms with Crippen LogP contribution in [0, 0.1) is 0 Å². The van der Waals surface area contributed by atoms with E-state index in [0.29, 0.717) is 27.3 Å². The summed E-state index contributed by atoms with van der Waals surface area (Å²) in [6.07, 6.45) is 1.42. The number of aromatic carboxylic acids is 1. The fourth-order valence-corrected chi connectivity index (χ4v) is 4.15. The molecule has 10 heteroatoms. The van der Waals surface area contributed by atoms with Crippen molar-refractivity contribution in [2.45, 2.75) is 5.16 Å². The maximum atomic E-state index is 13.2. The molecular weight excluding hydrogens is 520 g/mol. The van der Waals surface area contributed by atoms with Gasteiger partial charge in [0.1, 0.15) is 0 Å². The molecule has 8 nitrogen and oxygen atoms in total. The summed E-state index contributed by atoms with van der Waals surface area (Å²) in [6.45, 7) is 0. The van der Waals surface area contributed by atoms with Gasteiger partial charge in [0.05, 0.1) is 34.1 Å². The molecular formula is C24H17BrN4O4S. The second kappa shape index (κ2) is 10.4. The predicted octanol–water partition coefficient (Wildman–Crippen LogP) is 4.09. The van der Waals surface area contributed by atoms with Crippen molar-refractivity contribution in [1.29, 1.82) is 0 Å². The molecule has 1 aromatic heterocycles. The van der Waals surface area contributed by atoms with E-state index in [0.717, 1.165) is 16.2 Å². The van der Waals surface area contributed by atoms with Crippen LogP contribution in [-0.2, 0) is 4.79 Å². The third-order valence-corrected chi connectivity index (χ3v) is 6.19. The zero-order chi connectivity index (χ0) is 24.1. The largest absolute Gasteiger partial charge is 0.478 e. The number of para-hydroxylation sites is 1. The number of nitrogens with one attached hydrogen (secondary N) is 1. The highest BCUT2D eigenvalue weighted by Gasteiger charge is 2.14. The first-order valence-corrected chi connectivity index (χ1v) is 11.8. The molecule has 4 rings (SSSR count). The number of fused-ring (bicyclic) bond motifs is 1. The summed E-state index contributed by atoms with van der Waals surface area (Å²) in [4.78, 5) is 41.1. The normalized spacial score (nSPS) is 11.1. The summed E-state index contributed by atoms with van der Waals surface area (Å²) in [6, 6.07) is 20.4. The van der Waals surface area contributed by atoms with Crippen molar-refractivity contribution in [2.75, 3.05) is 5.75 Å². The molecule has 0 aliphatic carbocycles. The molecule has 1 heterocycles. The van der Waals surface area contributed by atoms with Crippen LogP contribution in [0.5, 0.6) is 0 Å². The van der Waals surface area contributed by atoms with Crippen molar-refractivity contribution < 1.29 is 14.7 Å². The van der Waals surface area contributed by atoms with Crippen LogP contribution in [0.4, 0.5) is 0 Å². The van der Waals surface area contributed by atoms with Gasteiger partial charge in [-0.2, -0.15) is 5.10 Å². The third-order valence-electron chi connectivity index (χ3n) is 4.72. The molecule has 0 radical (unpaired) electrons. The Hall–Kier alpha value is -3.76. The average molecular weight is 537 g/mol. The third kappa shape index (κ3) is 5.41. The number of benzene rings is 3. The fraction of sp³-hybridized carbons (Fsp3) is 0.0417. The van der Waals surface area contributed by atoms with Crippen LogP contribution >= 0.6 is 27.7 Å². The molecule has 4 aromatic rings. The molecule has 0 aliphatic rings. The van der Waals surface area contributed by atoms with Crippen molar-refractivity contribution in [3.63, 3.8) is 0 Å².